The normalized spacial score (nSPS) is 13.8. The van der Waals surface area contributed by atoms with E-state index in [2.05, 4.69) is 26.6 Å². The van der Waals surface area contributed by atoms with E-state index in [0.717, 1.165) is 28.7 Å². The Bertz CT molecular complexity index is 2640. The van der Waals surface area contributed by atoms with E-state index in [1.54, 1.807) is 31.0 Å². The van der Waals surface area contributed by atoms with Crippen LogP contribution in [0.2, 0.25) is 0 Å². The molecule has 0 bridgehead atoms. The van der Waals surface area contributed by atoms with Crippen molar-refractivity contribution in [2.75, 3.05) is 37.7 Å². The largest absolute Gasteiger partial charge is 0.481 e. The number of carboxylic acid groups (broad SMARTS) is 2. The van der Waals surface area contributed by atoms with Gasteiger partial charge in [-0.2, -0.15) is 11.8 Å². The predicted molar refractivity (Wildman–Crippen MR) is 287 cm³/mol. The number of halogens is 2. The molecule has 7 N–H and O–H groups in total. The molecule has 78 heavy (non-hydrogen) atoms. The fraction of sp³-hybridized carbons (Fsp3) is 0.491. The van der Waals surface area contributed by atoms with Gasteiger partial charge in [-0.05, 0) is 67.3 Å². The van der Waals surface area contributed by atoms with E-state index < -0.39 is 83.2 Å². The Balaban J connectivity index is 1.45. The Morgan fingerprint density at radius 3 is 2.06 bits per heavy atom. The fourth-order valence-corrected chi connectivity index (χ4v) is 9.42. The van der Waals surface area contributed by atoms with Crippen molar-refractivity contribution in [3.05, 3.63) is 95.8 Å². The number of carbonyl (C=O) groups excluding carboxylic acids is 8. The molecule has 2 aromatic carbocycles. The van der Waals surface area contributed by atoms with Crippen molar-refractivity contribution >= 4 is 71.0 Å². The van der Waals surface area contributed by atoms with Crippen LogP contribution in [0.5, 0.6) is 0 Å². The molecule has 1 aromatic heterocycles. The van der Waals surface area contributed by atoms with Crippen LogP contribution in [0.3, 0.4) is 0 Å². The molecule has 4 atom stereocenters. The lowest BCUT2D eigenvalue weighted by molar-refractivity contribution is -0.147. The Morgan fingerprint density at radius 1 is 0.744 bits per heavy atom. The number of amides is 8. The van der Waals surface area contributed by atoms with Gasteiger partial charge in [-0.25, -0.2) is 13.6 Å². The van der Waals surface area contributed by atoms with E-state index in [9.17, 15) is 57.4 Å². The van der Waals surface area contributed by atoms with Crippen molar-refractivity contribution in [3.8, 4) is 11.1 Å². The van der Waals surface area contributed by atoms with Gasteiger partial charge in [0.05, 0.1) is 18.2 Å². The SMILES string of the molecule is CC(C)C(NC(=O)CCCCCN1C(=O)C=CC1=O)C(=O)N[C@@H](C)C(=O)NCCCN(C(=O)CSCCC(=O)NCCC(=O)N[C@@H](CC(=O)O)C(=O)O)[C@@H](c1cc(-c2cc(F)ccc2F)cn1Cc1ccccc1)C(C)(C)C. The second-order valence-corrected chi connectivity index (χ2v) is 21.4. The van der Waals surface area contributed by atoms with Crippen LogP contribution in [0.15, 0.2) is 72.9 Å². The molecule has 0 fully saturated rings. The fourth-order valence-electron chi connectivity index (χ4n) is 8.61. The highest BCUT2D eigenvalue weighted by Gasteiger charge is 2.37. The average molecular weight is 1110 g/mol. The molecule has 0 saturated heterocycles. The van der Waals surface area contributed by atoms with E-state index in [1.807, 2.05) is 55.7 Å². The quantitative estimate of drug-likeness (QED) is 0.0330. The minimum Gasteiger partial charge on any atom is -0.481 e. The molecule has 0 aliphatic carbocycles. The highest BCUT2D eigenvalue weighted by Crippen LogP contribution is 2.41. The number of imide groups is 1. The molecule has 3 aromatic rings. The summed E-state index contributed by atoms with van der Waals surface area (Å²) in [6.07, 6.45) is 4.82. The summed E-state index contributed by atoms with van der Waals surface area (Å²) in [5.74, 6) is -8.24. The van der Waals surface area contributed by atoms with Crippen molar-refractivity contribution in [2.45, 2.75) is 124 Å². The van der Waals surface area contributed by atoms with Crippen molar-refractivity contribution in [3.63, 3.8) is 0 Å². The summed E-state index contributed by atoms with van der Waals surface area (Å²) in [7, 11) is 0. The first-order valence-electron chi connectivity index (χ1n) is 25.8. The summed E-state index contributed by atoms with van der Waals surface area (Å²) in [6, 6.07) is 10.0. The standard InChI is InChI=1S/C55H72F2N8O12S/c1-34(2)50(62-44(67)16-11-8-12-25-64-46(69)19-20-47(64)70)53(75)60-35(3)52(74)59-23-13-26-65(48(71)33-78-27-22-43(66)58-24-21-45(68)61-41(54(76)77)30-49(72)73)51(55(4,5)6)42-28-37(39-29-38(56)17-18-40(39)57)32-63(42)31-36-14-9-7-10-15-36/h7,9-10,14-15,17-20,28-29,32,34-35,41,50-51H,8,11-13,16,21-27,30-31,33H2,1-6H3,(H,58,66)(H,59,74)(H,60,75)(H,61,68)(H,62,67)(H,72,73)(H,76,77)/t35-,41-,50?,51-/m0/s1. The molecule has 1 unspecified atom stereocenters. The Kier molecular flexibility index (Phi) is 24.7. The van der Waals surface area contributed by atoms with Crippen LogP contribution in [0.25, 0.3) is 11.1 Å². The van der Waals surface area contributed by atoms with Crippen molar-refractivity contribution in [1.82, 2.24) is 41.0 Å². The van der Waals surface area contributed by atoms with Crippen LogP contribution in [0.4, 0.5) is 8.78 Å². The number of thioether (sulfide) groups is 1. The zero-order valence-electron chi connectivity index (χ0n) is 44.9. The highest BCUT2D eigenvalue weighted by molar-refractivity contribution is 7.99. The van der Waals surface area contributed by atoms with Gasteiger partial charge in [-0.1, -0.05) is 71.4 Å². The number of aliphatic carboxylic acids is 2. The van der Waals surface area contributed by atoms with E-state index >= 15 is 4.39 Å². The van der Waals surface area contributed by atoms with Crippen molar-refractivity contribution in [1.29, 1.82) is 0 Å². The molecular formula is C55H72F2N8O12S. The zero-order chi connectivity index (χ0) is 57.7. The van der Waals surface area contributed by atoms with Gasteiger partial charge in [0, 0.05) is 92.9 Å². The third-order valence-corrected chi connectivity index (χ3v) is 13.5. The minimum absolute atomic E-state index is 0.0227. The maximum absolute atomic E-state index is 15.4. The summed E-state index contributed by atoms with van der Waals surface area (Å²) < 4.78 is 31.9. The Hall–Kier alpha value is -7.43. The molecule has 0 saturated carbocycles. The number of nitrogens with zero attached hydrogens (tertiary/aromatic N) is 3. The smallest absolute Gasteiger partial charge is 0.326 e. The summed E-state index contributed by atoms with van der Waals surface area (Å²) in [5.41, 5.74) is 1.21. The summed E-state index contributed by atoms with van der Waals surface area (Å²) in [4.78, 5) is 128. The van der Waals surface area contributed by atoms with Gasteiger partial charge in [0.2, 0.25) is 35.4 Å². The molecule has 0 spiro atoms. The summed E-state index contributed by atoms with van der Waals surface area (Å²) >= 11 is 1.17. The van der Waals surface area contributed by atoms with E-state index in [0.29, 0.717) is 37.1 Å². The maximum Gasteiger partial charge on any atom is 0.326 e. The number of rotatable bonds is 32. The number of carboxylic acids is 2. The highest BCUT2D eigenvalue weighted by atomic mass is 32.2. The van der Waals surface area contributed by atoms with Crippen molar-refractivity contribution in [2.24, 2.45) is 11.3 Å². The lowest BCUT2D eigenvalue weighted by Gasteiger charge is -2.41. The molecule has 4 rings (SSSR count). The van der Waals surface area contributed by atoms with E-state index in [4.69, 9.17) is 5.11 Å². The maximum atomic E-state index is 15.4. The Morgan fingerprint density at radius 2 is 1.42 bits per heavy atom. The number of carbonyl (C=O) groups is 10. The topological polar surface area (TPSA) is 283 Å². The first-order chi connectivity index (χ1) is 36.9. The molecular weight excluding hydrogens is 1030 g/mol. The van der Waals surface area contributed by atoms with Crippen LogP contribution >= 0.6 is 11.8 Å². The lowest BCUT2D eigenvalue weighted by Crippen LogP contribution is -2.54. The van der Waals surface area contributed by atoms with Gasteiger partial charge >= 0.3 is 11.9 Å². The van der Waals surface area contributed by atoms with Gasteiger partial charge < -0.3 is 46.3 Å². The first kappa shape index (κ1) is 63.1. The number of benzene rings is 2. The third kappa shape index (κ3) is 20.2. The molecule has 1 aliphatic rings. The molecule has 20 nitrogen and oxygen atoms in total. The predicted octanol–water partition coefficient (Wildman–Crippen LogP) is 4.71. The van der Waals surface area contributed by atoms with Gasteiger partial charge in [0.15, 0.2) is 0 Å². The van der Waals surface area contributed by atoms with Crippen LogP contribution in [0, 0.1) is 23.0 Å². The molecule has 424 valence electrons. The van der Waals surface area contributed by atoms with Gasteiger partial charge in [-0.15, -0.1) is 0 Å². The molecule has 23 heteroatoms. The first-order valence-corrected chi connectivity index (χ1v) is 27.0. The minimum atomic E-state index is -1.64. The van der Waals surface area contributed by atoms with E-state index in [-0.39, 0.29) is 98.5 Å². The van der Waals surface area contributed by atoms with Gasteiger partial charge in [-0.3, -0.25) is 48.1 Å². The number of nitrogens with one attached hydrogen (secondary N) is 5. The Labute approximate surface area is 456 Å². The molecule has 2 heterocycles. The second-order valence-electron chi connectivity index (χ2n) is 20.3. The van der Waals surface area contributed by atoms with Crippen LogP contribution < -0.4 is 26.6 Å². The second kappa shape index (κ2) is 30.5. The van der Waals surface area contributed by atoms with Crippen LogP contribution in [-0.4, -0.2) is 140 Å². The van der Waals surface area contributed by atoms with Gasteiger partial charge in [0.25, 0.3) is 11.8 Å². The lowest BCUT2D eigenvalue weighted by atomic mass is 9.83. The number of unbranched alkanes of at least 4 members (excludes halogenated alkanes) is 2. The molecule has 8 amide bonds. The monoisotopic (exact) mass is 1110 g/mol. The summed E-state index contributed by atoms with van der Waals surface area (Å²) in [6.45, 7) is 11.4. The average Bonchev–Trinajstić information content (AvgIpc) is 4.03. The summed E-state index contributed by atoms with van der Waals surface area (Å²) in [5, 5.41) is 31.0. The number of hydrogen-bond acceptors (Lipinski definition) is 11. The molecule has 0 radical (unpaired) electrons. The van der Waals surface area contributed by atoms with Gasteiger partial charge in [0.1, 0.15) is 29.8 Å². The number of hydrogen-bond donors (Lipinski definition) is 7. The van der Waals surface area contributed by atoms with Crippen molar-refractivity contribution < 1.29 is 66.9 Å². The van der Waals surface area contributed by atoms with Crippen LogP contribution in [0.1, 0.15) is 110 Å². The van der Waals surface area contributed by atoms with Crippen LogP contribution in [-0.2, 0) is 54.5 Å². The zero-order valence-corrected chi connectivity index (χ0v) is 45.7. The van der Waals surface area contributed by atoms with E-state index in [1.165, 1.54) is 30.8 Å². The molecule has 1 aliphatic heterocycles. The third-order valence-electron chi connectivity index (χ3n) is 12.6. The number of aromatic nitrogens is 1.